The van der Waals surface area contributed by atoms with Crippen molar-refractivity contribution in [1.82, 2.24) is 9.88 Å². The Labute approximate surface area is 114 Å². The van der Waals surface area contributed by atoms with Gasteiger partial charge in [0.25, 0.3) is 5.91 Å². The first-order valence-electron chi connectivity index (χ1n) is 6.85. The number of nitrogens with zero attached hydrogens (tertiary/aromatic N) is 1. The van der Waals surface area contributed by atoms with Gasteiger partial charge in [-0.1, -0.05) is 0 Å². The molecule has 0 saturated carbocycles. The minimum absolute atomic E-state index is 0.0650. The number of carbonyl (C=O) groups excluding carboxylic acids is 1. The van der Waals surface area contributed by atoms with Crippen LogP contribution < -0.4 is 11.1 Å². The average Bonchev–Trinajstić information content (AvgIpc) is 2.96. The lowest BCUT2D eigenvalue weighted by molar-refractivity contribution is 0.0911. The molecular weight excluding hydrogens is 242 g/mol. The third-order valence-electron chi connectivity index (χ3n) is 3.69. The van der Waals surface area contributed by atoms with Crippen molar-refractivity contribution >= 4 is 11.6 Å². The van der Waals surface area contributed by atoms with Gasteiger partial charge in [-0.2, -0.15) is 0 Å². The Hall–Kier alpha value is -1.49. The maximum Gasteiger partial charge on any atom is 0.268 e. The Morgan fingerprint density at radius 1 is 1.53 bits per heavy atom. The molecule has 106 valence electrons. The largest absolute Gasteiger partial charge is 0.397 e. The summed E-state index contributed by atoms with van der Waals surface area (Å²) >= 11 is 0. The fourth-order valence-corrected chi connectivity index (χ4v) is 2.46. The summed E-state index contributed by atoms with van der Waals surface area (Å²) in [6.07, 6.45) is 2.82. The van der Waals surface area contributed by atoms with Gasteiger partial charge >= 0.3 is 0 Å². The Morgan fingerprint density at radius 2 is 2.26 bits per heavy atom. The smallest absolute Gasteiger partial charge is 0.268 e. The highest BCUT2D eigenvalue weighted by Gasteiger charge is 2.25. The summed E-state index contributed by atoms with van der Waals surface area (Å²) < 4.78 is 7.26. The first-order chi connectivity index (χ1) is 8.99. The zero-order valence-corrected chi connectivity index (χ0v) is 11.8. The number of nitrogen functional groups attached to an aromatic ring is 1. The van der Waals surface area contributed by atoms with E-state index in [1.807, 2.05) is 31.5 Å². The normalized spacial score (nSPS) is 20.7. The van der Waals surface area contributed by atoms with E-state index in [4.69, 9.17) is 10.5 Å². The van der Waals surface area contributed by atoms with E-state index in [1.54, 1.807) is 6.07 Å². The van der Waals surface area contributed by atoms with Gasteiger partial charge in [0.15, 0.2) is 0 Å². The van der Waals surface area contributed by atoms with Crippen LogP contribution in [-0.4, -0.2) is 29.7 Å². The molecule has 1 aliphatic heterocycles. The lowest BCUT2D eigenvalue weighted by Gasteiger charge is -2.20. The molecule has 0 aromatic carbocycles. The predicted molar refractivity (Wildman–Crippen MR) is 75.1 cm³/mol. The van der Waals surface area contributed by atoms with Crippen LogP contribution in [0.2, 0.25) is 0 Å². The summed E-state index contributed by atoms with van der Waals surface area (Å²) in [5, 5.41) is 3.05. The van der Waals surface area contributed by atoms with E-state index in [-0.39, 0.29) is 18.0 Å². The minimum Gasteiger partial charge on any atom is -0.397 e. The molecule has 0 aliphatic carbocycles. The van der Waals surface area contributed by atoms with Gasteiger partial charge < -0.3 is 20.4 Å². The van der Waals surface area contributed by atoms with Crippen LogP contribution in [0.5, 0.6) is 0 Å². The van der Waals surface area contributed by atoms with Crippen LogP contribution in [0.3, 0.4) is 0 Å². The molecule has 1 saturated heterocycles. The molecular formula is C14H23N3O2. The molecule has 2 unspecified atom stereocenters. The maximum atomic E-state index is 12.3. The molecule has 1 fully saturated rings. The maximum absolute atomic E-state index is 12.3. The summed E-state index contributed by atoms with van der Waals surface area (Å²) in [5.74, 6) is 0.341. The topological polar surface area (TPSA) is 69.3 Å². The van der Waals surface area contributed by atoms with Crippen molar-refractivity contribution in [3.63, 3.8) is 0 Å². The highest BCUT2D eigenvalue weighted by molar-refractivity contribution is 5.94. The lowest BCUT2D eigenvalue weighted by Crippen LogP contribution is -2.39. The highest BCUT2D eigenvalue weighted by atomic mass is 16.5. The molecule has 1 amide bonds. The highest BCUT2D eigenvalue weighted by Crippen LogP contribution is 2.19. The molecule has 19 heavy (non-hydrogen) atoms. The molecule has 2 rings (SSSR count). The molecule has 2 atom stereocenters. The predicted octanol–water partition coefficient (Wildman–Crippen LogP) is 1.81. The van der Waals surface area contributed by atoms with Gasteiger partial charge in [-0.15, -0.1) is 0 Å². The van der Waals surface area contributed by atoms with E-state index in [0.717, 1.165) is 19.6 Å². The zero-order valence-electron chi connectivity index (χ0n) is 11.8. The van der Waals surface area contributed by atoms with Gasteiger partial charge in [-0.3, -0.25) is 4.79 Å². The van der Waals surface area contributed by atoms with E-state index in [0.29, 0.717) is 17.3 Å². The number of rotatable bonds is 4. The number of anilines is 1. The first kappa shape index (κ1) is 13.9. The van der Waals surface area contributed by atoms with E-state index < -0.39 is 0 Å². The quantitative estimate of drug-likeness (QED) is 0.872. The Kier molecular flexibility index (Phi) is 4.14. The summed E-state index contributed by atoms with van der Waals surface area (Å²) in [5.41, 5.74) is 7.03. The summed E-state index contributed by atoms with van der Waals surface area (Å²) in [6, 6.07) is 2.06. The van der Waals surface area contributed by atoms with Crippen LogP contribution in [0, 0.1) is 5.92 Å². The minimum atomic E-state index is -0.0650. The van der Waals surface area contributed by atoms with Gasteiger partial charge in [0.2, 0.25) is 0 Å². The van der Waals surface area contributed by atoms with Crippen molar-refractivity contribution in [1.29, 1.82) is 0 Å². The van der Waals surface area contributed by atoms with Gasteiger partial charge in [-0.05, 0) is 33.3 Å². The molecule has 2 heterocycles. The lowest BCUT2D eigenvalue weighted by atomic mass is 10.0. The fraction of sp³-hybridized carbons (Fsp3) is 0.643. The van der Waals surface area contributed by atoms with Gasteiger partial charge in [-0.25, -0.2) is 0 Å². The molecule has 3 N–H and O–H groups in total. The van der Waals surface area contributed by atoms with Crippen LogP contribution >= 0.6 is 0 Å². The first-order valence-corrected chi connectivity index (χ1v) is 6.85. The number of hydrogen-bond donors (Lipinski definition) is 2. The molecule has 5 nitrogen and oxygen atoms in total. The second kappa shape index (κ2) is 5.65. The van der Waals surface area contributed by atoms with Gasteiger partial charge in [0.1, 0.15) is 5.69 Å². The second-order valence-corrected chi connectivity index (χ2v) is 5.55. The van der Waals surface area contributed by atoms with Gasteiger partial charge in [0, 0.05) is 30.8 Å². The van der Waals surface area contributed by atoms with E-state index in [9.17, 15) is 4.79 Å². The van der Waals surface area contributed by atoms with Crippen LogP contribution in [-0.2, 0) is 4.74 Å². The number of nitrogens with two attached hydrogens (primary N) is 1. The second-order valence-electron chi connectivity index (χ2n) is 5.55. The molecule has 1 aliphatic rings. The van der Waals surface area contributed by atoms with Crippen LogP contribution in [0.15, 0.2) is 12.3 Å². The summed E-state index contributed by atoms with van der Waals surface area (Å²) in [4.78, 5) is 12.3. The Balaban J connectivity index is 2.06. The Morgan fingerprint density at radius 3 is 2.84 bits per heavy atom. The van der Waals surface area contributed by atoms with Crippen LogP contribution in [0.25, 0.3) is 0 Å². The number of nitrogens with one attached hydrogen (secondary N) is 1. The Bertz CT molecular complexity index is 448. The van der Waals surface area contributed by atoms with E-state index in [1.165, 1.54) is 0 Å². The monoisotopic (exact) mass is 265 g/mol. The number of ether oxygens (including phenoxy) is 1. The van der Waals surface area contributed by atoms with Crippen molar-refractivity contribution < 1.29 is 9.53 Å². The number of amides is 1. The summed E-state index contributed by atoms with van der Waals surface area (Å²) in [6.45, 7) is 7.62. The number of aromatic nitrogens is 1. The third-order valence-corrected chi connectivity index (χ3v) is 3.69. The van der Waals surface area contributed by atoms with Crippen molar-refractivity contribution in [2.45, 2.75) is 39.3 Å². The van der Waals surface area contributed by atoms with Crippen molar-refractivity contribution in [3.05, 3.63) is 18.0 Å². The molecule has 1 aromatic heterocycles. The van der Waals surface area contributed by atoms with Crippen molar-refractivity contribution in [3.8, 4) is 0 Å². The van der Waals surface area contributed by atoms with Crippen LogP contribution in [0.4, 0.5) is 5.69 Å². The average molecular weight is 265 g/mol. The fourth-order valence-electron chi connectivity index (χ4n) is 2.46. The van der Waals surface area contributed by atoms with Gasteiger partial charge in [0.05, 0.1) is 12.3 Å². The number of carbonyl (C=O) groups is 1. The van der Waals surface area contributed by atoms with E-state index >= 15 is 0 Å². The molecule has 0 bridgehead atoms. The standard InChI is InChI=1S/C14H23N3O2/c1-9(2)17-7-12(15)6-13(17)14(18)16-10(3)11-4-5-19-8-11/h6-7,9-11H,4-5,8,15H2,1-3H3,(H,16,18). The zero-order chi connectivity index (χ0) is 14.0. The molecule has 5 heteroatoms. The molecule has 1 aromatic rings. The van der Waals surface area contributed by atoms with Crippen LogP contribution in [0.1, 0.15) is 43.7 Å². The summed E-state index contributed by atoms with van der Waals surface area (Å²) in [7, 11) is 0. The SMILES string of the molecule is CC(NC(=O)c1cc(N)cn1C(C)C)C1CCOC1. The van der Waals surface area contributed by atoms with E-state index in [2.05, 4.69) is 5.32 Å². The number of hydrogen-bond acceptors (Lipinski definition) is 3. The van der Waals surface area contributed by atoms with Crippen molar-refractivity contribution in [2.75, 3.05) is 18.9 Å². The van der Waals surface area contributed by atoms with Crippen molar-refractivity contribution in [2.24, 2.45) is 5.92 Å². The third kappa shape index (κ3) is 3.10. The molecule has 0 spiro atoms. The molecule has 0 radical (unpaired) electrons.